The summed E-state index contributed by atoms with van der Waals surface area (Å²) < 4.78 is 42.9. The number of methoxy groups -OCH3 is 1. The second-order valence-electron chi connectivity index (χ2n) is 19.0. The summed E-state index contributed by atoms with van der Waals surface area (Å²) in [5, 5.41) is 19.2. The summed E-state index contributed by atoms with van der Waals surface area (Å²) >= 11 is 0. The molecule has 6 aliphatic rings. The van der Waals surface area contributed by atoms with Crippen molar-refractivity contribution in [2.24, 2.45) is 5.92 Å². The van der Waals surface area contributed by atoms with Gasteiger partial charge in [0.1, 0.15) is 29.1 Å². The van der Waals surface area contributed by atoms with E-state index in [4.69, 9.17) is 14.5 Å². The highest BCUT2D eigenvalue weighted by molar-refractivity contribution is 6.04. The summed E-state index contributed by atoms with van der Waals surface area (Å²) in [6, 6.07) is 7.64. The third-order valence-electron chi connectivity index (χ3n) is 14.9. The van der Waals surface area contributed by atoms with Crippen molar-refractivity contribution in [3.8, 4) is 5.75 Å². The molecule has 4 N–H and O–H groups in total. The molecule has 2 aromatic carbocycles. The number of likely N-dealkylation sites (N-methyl/N-ethyl adjacent to an activating group) is 1. The number of hydrogen-bond donors (Lipinski definition) is 4. The van der Waals surface area contributed by atoms with Crippen LogP contribution in [0, 0.1) is 17.6 Å². The lowest BCUT2D eigenvalue weighted by Crippen LogP contribution is -2.67. The molecule has 4 saturated heterocycles. The number of morpholine rings is 1. The van der Waals surface area contributed by atoms with E-state index in [2.05, 4.69) is 30.7 Å². The van der Waals surface area contributed by atoms with Crippen molar-refractivity contribution in [1.29, 1.82) is 0 Å². The largest absolute Gasteiger partial charge is 0.495 e. The Bertz CT molecular complexity index is 2310. The van der Waals surface area contributed by atoms with Gasteiger partial charge in [-0.25, -0.2) is 13.8 Å². The lowest BCUT2D eigenvalue weighted by molar-refractivity contribution is -0.134. The molecule has 9 rings (SSSR count). The number of carbonyl (C=O) groups is 4. The van der Waals surface area contributed by atoms with E-state index in [9.17, 15) is 24.3 Å². The molecule has 4 amide bonds. The number of benzene rings is 2. The minimum Gasteiger partial charge on any atom is -0.495 e. The molecule has 5 atom stereocenters. The molecule has 2 bridgehead atoms. The molecule has 1 saturated carbocycles. The number of ether oxygens (including phenoxy) is 2. The van der Waals surface area contributed by atoms with Gasteiger partial charge in [-0.05, 0) is 94.0 Å². The lowest BCUT2D eigenvalue weighted by Gasteiger charge is -2.55. The molecule has 16 nitrogen and oxygen atoms in total. The van der Waals surface area contributed by atoms with Crippen LogP contribution >= 0.6 is 0 Å². The van der Waals surface area contributed by atoms with Crippen LogP contribution in [0.2, 0.25) is 0 Å². The zero-order valence-corrected chi connectivity index (χ0v) is 38.0. The van der Waals surface area contributed by atoms with Crippen molar-refractivity contribution in [1.82, 2.24) is 25.5 Å². The van der Waals surface area contributed by atoms with Crippen LogP contribution in [-0.4, -0.2) is 127 Å². The van der Waals surface area contributed by atoms with Gasteiger partial charge in [0.2, 0.25) is 23.7 Å². The van der Waals surface area contributed by atoms with Crippen LogP contribution in [0.1, 0.15) is 106 Å². The number of aliphatic hydroxyl groups is 1. The molecular weight excluding hydrogens is 853 g/mol. The average Bonchev–Trinajstić information content (AvgIpc) is 3.83. The Morgan fingerprint density at radius 3 is 2.44 bits per heavy atom. The van der Waals surface area contributed by atoms with Gasteiger partial charge in [0, 0.05) is 80.2 Å². The number of rotatable bonds is 13. The van der Waals surface area contributed by atoms with E-state index in [0.717, 1.165) is 50.9 Å². The first-order valence-corrected chi connectivity index (χ1v) is 23.6. The van der Waals surface area contributed by atoms with E-state index in [1.54, 1.807) is 36.3 Å². The maximum absolute atomic E-state index is 15.5. The second-order valence-corrected chi connectivity index (χ2v) is 19.0. The molecule has 0 radical (unpaired) electrons. The summed E-state index contributed by atoms with van der Waals surface area (Å²) in [5.41, 5.74) is 1.06. The molecule has 6 heterocycles. The van der Waals surface area contributed by atoms with Crippen molar-refractivity contribution in [3.05, 3.63) is 59.3 Å². The van der Waals surface area contributed by atoms with E-state index in [-0.39, 0.29) is 66.9 Å². The van der Waals surface area contributed by atoms with Crippen molar-refractivity contribution >= 4 is 52.5 Å². The minimum atomic E-state index is -1.05. The first-order valence-electron chi connectivity index (χ1n) is 23.6. The molecular formula is C48H61F2N9O7. The van der Waals surface area contributed by atoms with Crippen LogP contribution in [0.4, 0.5) is 37.6 Å². The molecule has 5 aliphatic heterocycles. The van der Waals surface area contributed by atoms with E-state index >= 15 is 8.78 Å². The number of aliphatic hydroxyl groups excluding tert-OH is 1. The van der Waals surface area contributed by atoms with Gasteiger partial charge in [0.25, 0.3) is 5.91 Å². The fourth-order valence-corrected chi connectivity index (χ4v) is 11.7. The van der Waals surface area contributed by atoms with E-state index in [0.29, 0.717) is 86.3 Å². The zero-order chi connectivity index (χ0) is 46.3. The monoisotopic (exact) mass is 913 g/mol. The standard InChI is InChI=1S/C48H61F2N9O7/c1-4-38-46(64)56(2)39-23-51-47(54-43(39)59(38)30-9-5-6-10-30)52-37-13-11-29(18-40(37)65-3)44(62)55-48(15-17-60)21-32-26-66-27-33(22-48)58(32)25-28-8-7-16-57(24-28)31-19-35(49)42(36(50)20-31)34-12-14-41(61)53-45(34)63/h11,13,18-20,23,28,30,32-34,38,60H,4-10,12,14-17,21-22,24-27H2,1-3H3,(H,55,62)(H,51,52,54)(H,53,61,63)/t28-,32?,33?,34?,38?,48?/m0/s1. The number of piperidine rings is 3. The molecule has 4 unspecified atom stereocenters. The van der Waals surface area contributed by atoms with Crippen molar-refractivity contribution in [2.45, 2.75) is 120 Å². The Morgan fingerprint density at radius 1 is 1.02 bits per heavy atom. The van der Waals surface area contributed by atoms with Gasteiger partial charge >= 0.3 is 0 Å². The summed E-state index contributed by atoms with van der Waals surface area (Å²) in [6.45, 7) is 4.83. The Morgan fingerprint density at radius 2 is 1.76 bits per heavy atom. The summed E-state index contributed by atoms with van der Waals surface area (Å²) in [6.07, 6.45) is 9.95. The van der Waals surface area contributed by atoms with Crippen LogP contribution in [0.5, 0.6) is 5.75 Å². The summed E-state index contributed by atoms with van der Waals surface area (Å²) in [4.78, 5) is 69.5. The van der Waals surface area contributed by atoms with Gasteiger partial charge < -0.3 is 39.9 Å². The maximum atomic E-state index is 15.5. The van der Waals surface area contributed by atoms with Gasteiger partial charge in [0.15, 0.2) is 5.82 Å². The number of aromatic nitrogens is 2. The quantitative estimate of drug-likeness (QED) is 0.165. The first-order chi connectivity index (χ1) is 31.9. The van der Waals surface area contributed by atoms with Crippen LogP contribution < -0.4 is 35.4 Å². The SMILES string of the molecule is CCC1C(=O)N(C)c2cnc(Nc3ccc(C(=O)NC4(CCO)CC5COCC(C4)N5C[C@H]4CCCN(c5cc(F)c(C6CCC(=O)NC6=O)c(F)c5)C4)cc3OC)nc2N1C1CCCC1. The van der Waals surface area contributed by atoms with Crippen LogP contribution in [-0.2, 0) is 19.1 Å². The maximum Gasteiger partial charge on any atom is 0.251 e. The van der Waals surface area contributed by atoms with Gasteiger partial charge in [0.05, 0.1) is 38.1 Å². The number of fused-ring (bicyclic) bond motifs is 3. The van der Waals surface area contributed by atoms with Crippen molar-refractivity contribution in [3.63, 3.8) is 0 Å². The molecule has 18 heteroatoms. The molecule has 1 aliphatic carbocycles. The number of nitrogens with one attached hydrogen (secondary N) is 3. The van der Waals surface area contributed by atoms with E-state index in [1.807, 2.05) is 11.8 Å². The molecule has 1 aromatic heterocycles. The van der Waals surface area contributed by atoms with E-state index in [1.165, 1.54) is 19.2 Å². The zero-order valence-electron chi connectivity index (χ0n) is 38.0. The van der Waals surface area contributed by atoms with Crippen LogP contribution in [0.3, 0.4) is 0 Å². The molecule has 354 valence electrons. The third-order valence-corrected chi connectivity index (χ3v) is 14.9. The molecule has 3 aromatic rings. The first kappa shape index (κ1) is 45.7. The highest BCUT2D eigenvalue weighted by atomic mass is 19.1. The number of carbonyl (C=O) groups excluding carboxylic acids is 4. The fourth-order valence-electron chi connectivity index (χ4n) is 11.7. The Labute approximate surface area is 383 Å². The Hall–Kier alpha value is -5.46. The Kier molecular flexibility index (Phi) is 13.2. The number of anilines is 5. The fraction of sp³-hybridized carbons (Fsp3) is 0.583. The molecule has 5 fully saturated rings. The number of amides is 4. The highest BCUT2D eigenvalue weighted by Gasteiger charge is 2.48. The third kappa shape index (κ3) is 8.90. The number of halogens is 2. The van der Waals surface area contributed by atoms with Gasteiger partial charge in [-0.15, -0.1) is 0 Å². The Balaban J connectivity index is 0.868. The number of hydrogen-bond acceptors (Lipinski definition) is 13. The predicted molar refractivity (Wildman–Crippen MR) is 243 cm³/mol. The summed E-state index contributed by atoms with van der Waals surface area (Å²) in [7, 11) is 3.31. The van der Waals surface area contributed by atoms with Crippen LogP contribution in [0.25, 0.3) is 0 Å². The predicted octanol–water partition coefficient (Wildman–Crippen LogP) is 5.16. The highest BCUT2D eigenvalue weighted by Crippen LogP contribution is 2.42. The van der Waals surface area contributed by atoms with Crippen molar-refractivity contribution < 1.29 is 42.5 Å². The topological polar surface area (TPSA) is 182 Å². The number of imide groups is 1. The van der Waals surface area contributed by atoms with E-state index < -0.39 is 34.9 Å². The molecule has 0 spiro atoms. The minimum absolute atomic E-state index is 0.0286. The number of nitrogens with zero attached hydrogens (tertiary/aromatic N) is 6. The van der Waals surface area contributed by atoms with Gasteiger partial charge in [-0.1, -0.05) is 19.8 Å². The van der Waals surface area contributed by atoms with Crippen molar-refractivity contribution in [2.75, 3.05) is 73.6 Å². The summed E-state index contributed by atoms with van der Waals surface area (Å²) in [5.74, 6) is -2.32. The van der Waals surface area contributed by atoms with Gasteiger partial charge in [-0.2, -0.15) is 4.98 Å². The van der Waals surface area contributed by atoms with Crippen LogP contribution in [0.15, 0.2) is 36.5 Å². The van der Waals surface area contributed by atoms with Gasteiger partial charge in [-0.3, -0.25) is 29.4 Å². The smallest absolute Gasteiger partial charge is 0.251 e. The second kappa shape index (κ2) is 19.0. The lowest BCUT2D eigenvalue weighted by atomic mass is 9.75. The average molecular weight is 914 g/mol. The molecule has 66 heavy (non-hydrogen) atoms. The normalized spacial score (nSPS) is 27.2.